The van der Waals surface area contributed by atoms with Crippen LogP contribution in [0.3, 0.4) is 0 Å². The molecule has 0 bridgehead atoms. The Morgan fingerprint density at radius 2 is 1.91 bits per heavy atom. The van der Waals surface area contributed by atoms with E-state index in [0.29, 0.717) is 0 Å². The highest BCUT2D eigenvalue weighted by atomic mass is 35.5. The first-order valence-electron chi connectivity index (χ1n) is 4.61. The molecule has 0 radical (unpaired) electrons. The smallest absolute Gasteiger partial charge is 0.0235 e. The lowest BCUT2D eigenvalue weighted by atomic mass is 10.0. The molecule has 0 fully saturated rings. The second kappa shape index (κ2) is 8.35. The van der Waals surface area contributed by atoms with Crippen LogP contribution in [0.1, 0.15) is 33.1 Å². The molecule has 0 rings (SSSR count). The van der Waals surface area contributed by atoms with Crippen molar-refractivity contribution in [3.63, 3.8) is 0 Å². The van der Waals surface area contributed by atoms with Crippen LogP contribution in [-0.2, 0) is 0 Å². The standard InChI is InChI=1S/C9H20ClN/c1-3-9(4-2)8-11-7-5-6-10/h9,11H,3-8H2,1-2H3. The van der Waals surface area contributed by atoms with E-state index in [-0.39, 0.29) is 0 Å². The molecule has 68 valence electrons. The third kappa shape index (κ3) is 6.64. The first-order chi connectivity index (χ1) is 5.35. The van der Waals surface area contributed by atoms with E-state index in [9.17, 15) is 0 Å². The average Bonchev–Trinajstić information content (AvgIpc) is 2.05. The van der Waals surface area contributed by atoms with Crippen LogP contribution in [0, 0.1) is 5.92 Å². The monoisotopic (exact) mass is 177 g/mol. The Morgan fingerprint density at radius 1 is 1.27 bits per heavy atom. The van der Waals surface area contributed by atoms with E-state index in [1.54, 1.807) is 0 Å². The van der Waals surface area contributed by atoms with Gasteiger partial charge < -0.3 is 5.32 Å². The largest absolute Gasteiger partial charge is 0.316 e. The van der Waals surface area contributed by atoms with E-state index in [1.165, 1.54) is 12.8 Å². The Kier molecular flexibility index (Phi) is 8.54. The van der Waals surface area contributed by atoms with Crippen LogP contribution in [0.15, 0.2) is 0 Å². The van der Waals surface area contributed by atoms with Crippen LogP contribution in [0.4, 0.5) is 0 Å². The molecule has 0 spiro atoms. The summed E-state index contributed by atoms with van der Waals surface area (Å²) in [5, 5.41) is 3.40. The Labute approximate surface area is 75.5 Å². The fourth-order valence-electron chi connectivity index (χ4n) is 1.08. The maximum Gasteiger partial charge on any atom is 0.0235 e. The molecule has 0 aromatic carbocycles. The highest BCUT2D eigenvalue weighted by Gasteiger charge is 2.00. The zero-order chi connectivity index (χ0) is 8.53. The van der Waals surface area contributed by atoms with Gasteiger partial charge >= 0.3 is 0 Å². The molecule has 0 aliphatic rings. The summed E-state index contributed by atoms with van der Waals surface area (Å²) in [4.78, 5) is 0. The van der Waals surface area contributed by atoms with Gasteiger partial charge in [0.1, 0.15) is 0 Å². The van der Waals surface area contributed by atoms with Crippen molar-refractivity contribution in [3.8, 4) is 0 Å². The number of hydrogen-bond donors (Lipinski definition) is 1. The number of nitrogens with one attached hydrogen (secondary N) is 1. The minimum atomic E-state index is 0.774. The molecule has 11 heavy (non-hydrogen) atoms. The van der Waals surface area contributed by atoms with Gasteiger partial charge in [0.15, 0.2) is 0 Å². The molecule has 0 amide bonds. The Bertz CT molecular complexity index is 72.0. The van der Waals surface area contributed by atoms with Crippen molar-refractivity contribution in [2.75, 3.05) is 19.0 Å². The highest BCUT2D eigenvalue weighted by Crippen LogP contribution is 2.04. The zero-order valence-electron chi connectivity index (χ0n) is 7.70. The van der Waals surface area contributed by atoms with Crippen LogP contribution >= 0.6 is 11.6 Å². The van der Waals surface area contributed by atoms with E-state index in [4.69, 9.17) is 11.6 Å². The van der Waals surface area contributed by atoms with Gasteiger partial charge in [0.05, 0.1) is 0 Å². The van der Waals surface area contributed by atoms with Gasteiger partial charge in [0.2, 0.25) is 0 Å². The van der Waals surface area contributed by atoms with Gasteiger partial charge in [-0.25, -0.2) is 0 Å². The van der Waals surface area contributed by atoms with Crippen molar-refractivity contribution in [3.05, 3.63) is 0 Å². The molecule has 0 aromatic rings. The molecule has 1 nitrogen and oxygen atoms in total. The third-order valence-corrected chi connectivity index (χ3v) is 2.34. The lowest BCUT2D eigenvalue weighted by Crippen LogP contribution is -2.23. The summed E-state index contributed by atoms with van der Waals surface area (Å²) in [6.45, 7) is 6.72. The maximum absolute atomic E-state index is 5.54. The topological polar surface area (TPSA) is 12.0 Å². The first-order valence-corrected chi connectivity index (χ1v) is 5.15. The fourth-order valence-corrected chi connectivity index (χ4v) is 1.21. The predicted octanol–water partition coefficient (Wildman–Crippen LogP) is 2.64. The summed E-state index contributed by atoms with van der Waals surface area (Å²) in [5.74, 6) is 1.63. The van der Waals surface area contributed by atoms with E-state index in [0.717, 1.165) is 31.3 Å². The second-order valence-electron chi connectivity index (χ2n) is 2.93. The van der Waals surface area contributed by atoms with E-state index < -0.39 is 0 Å². The summed E-state index contributed by atoms with van der Waals surface area (Å²) in [6.07, 6.45) is 3.65. The summed E-state index contributed by atoms with van der Waals surface area (Å²) >= 11 is 5.54. The molecule has 0 aromatic heterocycles. The van der Waals surface area contributed by atoms with E-state index in [2.05, 4.69) is 19.2 Å². The molecule has 0 saturated carbocycles. The van der Waals surface area contributed by atoms with Gasteiger partial charge in [0, 0.05) is 5.88 Å². The molecule has 1 N–H and O–H groups in total. The highest BCUT2D eigenvalue weighted by molar-refractivity contribution is 6.17. The quantitative estimate of drug-likeness (QED) is 0.466. The van der Waals surface area contributed by atoms with Crippen molar-refractivity contribution in [2.45, 2.75) is 33.1 Å². The average molecular weight is 178 g/mol. The lowest BCUT2D eigenvalue weighted by molar-refractivity contribution is 0.451. The normalized spacial score (nSPS) is 10.9. The van der Waals surface area contributed by atoms with Crippen molar-refractivity contribution in [2.24, 2.45) is 5.92 Å². The summed E-state index contributed by atoms with van der Waals surface area (Å²) < 4.78 is 0. The zero-order valence-corrected chi connectivity index (χ0v) is 8.45. The fraction of sp³-hybridized carbons (Fsp3) is 1.00. The molecule has 0 unspecified atom stereocenters. The summed E-state index contributed by atoms with van der Waals surface area (Å²) in [7, 11) is 0. The van der Waals surface area contributed by atoms with E-state index >= 15 is 0 Å². The molecule has 0 saturated heterocycles. The molecule has 0 atom stereocenters. The van der Waals surface area contributed by atoms with Gasteiger partial charge in [0.25, 0.3) is 0 Å². The predicted molar refractivity (Wildman–Crippen MR) is 52.3 cm³/mol. The second-order valence-corrected chi connectivity index (χ2v) is 3.31. The van der Waals surface area contributed by atoms with Crippen molar-refractivity contribution in [1.29, 1.82) is 0 Å². The molecular weight excluding hydrogens is 158 g/mol. The van der Waals surface area contributed by atoms with Crippen LogP contribution in [0.2, 0.25) is 0 Å². The summed E-state index contributed by atoms with van der Waals surface area (Å²) in [6, 6.07) is 0. The Morgan fingerprint density at radius 3 is 2.36 bits per heavy atom. The SMILES string of the molecule is CCC(CC)CNCCCCl. The number of halogens is 1. The van der Waals surface area contributed by atoms with Gasteiger partial charge in [-0.05, 0) is 25.4 Å². The molecule has 2 heteroatoms. The lowest BCUT2D eigenvalue weighted by Gasteiger charge is -2.12. The van der Waals surface area contributed by atoms with Crippen molar-refractivity contribution >= 4 is 11.6 Å². The van der Waals surface area contributed by atoms with Crippen LogP contribution in [0.25, 0.3) is 0 Å². The van der Waals surface area contributed by atoms with Gasteiger partial charge in [-0.1, -0.05) is 26.7 Å². The minimum absolute atomic E-state index is 0.774. The summed E-state index contributed by atoms with van der Waals surface area (Å²) in [5.41, 5.74) is 0. The molecular formula is C9H20ClN. The van der Waals surface area contributed by atoms with Crippen LogP contribution < -0.4 is 5.32 Å². The van der Waals surface area contributed by atoms with Gasteiger partial charge in [-0.15, -0.1) is 11.6 Å². The van der Waals surface area contributed by atoms with Crippen molar-refractivity contribution < 1.29 is 0 Å². The van der Waals surface area contributed by atoms with Crippen molar-refractivity contribution in [1.82, 2.24) is 5.32 Å². The number of hydrogen-bond acceptors (Lipinski definition) is 1. The minimum Gasteiger partial charge on any atom is -0.316 e. The first kappa shape index (κ1) is 11.2. The van der Waals surface area contributed by atoms with Gasteiger partial charge in [-0.3, -0.25) is 0 Å². The Balaban J connectivity index is 3.07. The van der Waals surface area contributed by atoms with Crippen LogP contribution in [0.5, 0.6) is 0 Å². The maximum atomic E-state index is 5.54. The van der Waals surface area contributed by atoms with Gasteiger partial charge in [-0.2, -0.15) is 0 Å². The third-order valence-electron chi connectivity index (χ3n) is 2.07. The van der Waals surface area contributed by atoms with Crippen LogP contribution in [-0.4, -0.2) is 19.0 Å². The number of alkyl halides is 1. The Hall–Kier alpha value is 0.250. The van der Waals surface area contributed by atoms with E-state index in [1.807, 2.05) is 0 Å². The molecule has 0 aliphatic heterocycles. The number of rotatable bonds is 7. The molecule has 0 aliphatic carbocycles. The molecule has 0 heterocycles.